The van der Waals surface area contributed by atoms with E-state index in [1.165, 1.54) is 25.7 Å². The lowest BCUT2D eigenvalue weighted by Crippen LogP contribution is -2.67. The molecule has 0 bridgehead atoms. The lowest BCUT2D eigenvalue weighted by Gasteiger charge is -2.73. The minimum atomic E-state index is -0.498. The smallest absolute Gasteiger partial charge is 0.309 e. The van der Waals surface area contributed by atoms with Gasteiger partial charge in [-0.2, -0.15) is 0 Å². The third-order valence-electron chi connectivity index (χ3n) is 13.4. The Morgan fingerprint density at radius 3 is 2.16 bits per heavy atom. The highest BCUT2D eigenvalue weighted by Crippen LogP contribution is 2.76. The molecular formula is C29H48O3. The predicted octanol–water partition coefficient (Wildman–Crippen LogP) is 6.92. The number of carboxylic acids is 1. The molecule has 0 aliphatic heterocycles. The van der Waals surface area contributed by atoms with Gasteiger partial charge in [0.05, 0.1) is 11.5 Å². The summed E-state index contributed by atoms with van der Waals surface area (Å²) < 4.78 is 0. The van der Waals surface area contributed by atoms with Gasteiger partial charge in [0.1, 0.15) is 0 Å². The van der Waals surface area contributed by atoms with Gasteiger partial charge in [-0.15, -0.1) is 0 Å². The van der Waals surface area contributed by atoms with Gasteiger partial charge >= 0.3 is 5.97 Å². The third-order valence-corrected chi connectivity index (χ3v) is 13.4. The van der Waals surface area contributed by atoms with Crippen LogP contribution in [0.25, 0.3) is 0 Å². The maximum atomic E-state index is 12.7. The van der Waals surface area contributed by atoms with Crippen molar-refractivity contribution in [3.63, 3.8) is 0 Å². The van der Waals surface area contributed by atoms with Gasteiger partial charge in [-0.25, -0.2) is 0 Å². The Hall–Kier alpha value is -0.570. The summed E-state index contributed by atoms with van der Waals surface area (Å²) in [5.74, 6) is 2.36. The first-order valence-corrected chi connectivity index (χ1v) is 13.7. The first-order valence-electron chi connectivity index (χ1n) is 13.7. The molecule has 0 heterocycles. The van der Waals surface area contributed by atoms with Crippen molar-refractivity contribution in [2.24, 2.45) is 56.7 Å². The average molecular weight is 445 g/mol. The molecule has 3 nitrogen and oxygen atoms in total. The number of rotatable bonds is 1. The van der Waals surface area contributed by atoms with E-state index in [0.29, 0.717) is 35.0 Å². The van der Waals surface area contributed by atoms with E-state index < -0.39 is 11.4 Å². The molecule has 10 atom stereocenters. The van der Waals surface area contributed by atoms with Crippen molar-refractivity contribution in [3.05, 3.63) is 0 Å². The normalized spacial score (nSPS) is 56.8. The molecule has 5 fully saturated rings. The lowest BCUT2D eigenvalue weighted by molar-refractivity contribution is -0.253. The summed E-state index contributed by atoms with van der Waals surface area (Å²) in [4.78, 5) is 12.7. The van der Waals surface area contributed by atoms with Crippen LogP contribution >= 0.6 is 0 Å². The van der Waals surface area contributed by atoms with E-state index in [-0.39, 0.29) is 22.3 Å². The van der Waals surface area contributed by atoms with E-state index in [1.54, 1.807) is 0 Å². The second-order valence-corrected chi connectivity index (χ2v) is 14.5. The van der Waals surface area contributed by atoms with E-state index in [0.717, 1.165) is 44.9 Å². The monoisotopic (exact) mass is 444 g/mol. The zero-order valence-corrected chi connectivity index (χ0v) is 21.5. The molecule has 3 heteroatoms. The minimum Gasteiger partial charge on any atom is -0.481 e. The Bertz CT molecular complexity index is 789. The highest BCUT2D eigenvalue weighted by Gasteiger charge is 2.70. The number of fused-ring (bicyclic) bond motifs is 7. The molecule has 0 aromatic carbocycles. The SMILES string of the molecule is C[C@H]1CC[C@]2(C(=O)O)CC[C@@]3(C)C(CCC4[C@@]5(C)CC[C@H](O)C(C)(C)C5CC[C@]43C)[C@@H]2C1. The van der Waals surface area contributed by atoms with E-state index >= 15 is 0 Å². The van der Waals surface area contributed by atoms with Crippen LogP contribution in [0.1, 0.15) is 112 Å². The van der Waals surface area contributed by atoms with Gasteiger partial charge < -0.3 is 10.2 Å². The van der Waals surface area contributed by atoms with Crippen molar-refractivity contribution in [2.75, 3.05) is 0 Å². The summed E-state index contributed by atoms with van der Waals surface area (Å²) in [5.41, 5.74) is 0.356. The quantitative estimate of drug-likeness (QED) is 0.461. The van der Waals surface area contributed by atoms with Gasteiger partial charge in [-0.05, 0) is 122 Å². The molecule has 5 rings (SSSR count). The summed E-state index contributed by atoms with van der Waals surface area (Å²) in [7, 11) is 0. The van der Waals surface area contributed by atoms with Gasteiger partial charge in [0.15, 0.2) is 0 Å². The highest BCUT2D eigenvalue weighted by atomic mass is 16.4. The van der Waals surface area contributed by atoms with Gasteiger partial charge in [0.2, 0.25) is 0 Å². The Morgan fingerprint density at radius 1 is 0.750 bits per heavy atom. The molecule has 0 radical (unpaired) electrons. The van der Waals surface area contributed by atoms with E-state index in [2.05, 4.69) is 41.5 Å². The molecule has 5 aliphatic carbocycles. The van der Waals surface area contributed by atoms with Crippen molar-refractivity contribution >= 4 is 5.97 Å². The second kappa shape index (κ2) is 6.98. The molecule has 0 amide bonds. The number of hydrogen-bond donors (Lipinski definition) is 2. The molecule has 32 heavy (non-hydrogen) atoms. The van der Waals surface area contributed by atoms with E-state index in [4.69, 9.17) is 0 Å². The molecule has 0 aromatic rings. The Balaban J connectivity index is 1.54. The fourth-order valence-electron chi connectivity index (χ4n) is 11.3. The van der Waals surface area contributed by atoms with E-state index in [1.807, 2.05) is 0 Å². The number of carboxylic acid groups (broad SMARTS) is 1. The minimum absolute atomic E-state index is 0.00406. The summed E-state index contributed by atoms with van der Waals surface area (Å²) in [6, 6.07) is 0. The number of aliphatic hydroxyl groups excluding tert-OH is 1. The summed E-state index contributed by atoms with van der Waals surface area (Å²) in [5, 5.41) is 21.3. The third kappa shape index (κ3) is 2.67. The predicted molar refractivity (Wildman–Crippen MR) is 128 cm³/mol. The van der Waals surface area contributed by atoms with Crippen molar-refractivity contribution in [1.29, 1.82) is 0 Å². The van der Waals surface area contributed by atoms with Gasteiger partial charge in [0, 0.05) is 0 Å². The summed E-state index contributed by atoms with van der Waals surface area (Å²) in [6.45, 7) is 14.8. The van der Waals surface area contributed by atoms with Crippen LogP contribution in [0, 0.1) is 56.7 Å². The number of aliphatic hydroxyl groups is 1. The maximum absolute atomic E-state index is 12.7. The molecule has 0 spiro atoms. The fraction of sp³-hybridized carbons (Fsp3) is 0.966. The topological polar surface area (TPSA) is 57.5 Å². The molecule has 0 saturated heterocycles. The standard InChI is InChI=1S/C29H48O3/c1-18-9-14-29(24(31)32)16-15-27(5)19(20(29)17-18)7-8-22-26(4)12-11-23(30)25(2,3)21(26)10-13-28(22,27)6/h18-23,30H,7-17H2,1-6H3,(H,31,32)/t18-,19?,20-,21?,22?,23-,26-,27-,28+,29-/m0/s1. The van der Waals surface area contributed by atoms with Crippen LogP contribution in [0.3, 0.4) is 0 Å². The average Bonchev–Trinajstić information content (AvgIpc) is 2.71. The van der Waals surface area contributed by atoms with Crippen molar-refractivity contribution < 1.29 is 15.0 Å². The molecule has 5 saturated carbocycles. The molecule has 2 N–H and O–H groups in total. The zero-order chi connectivity index (χ0) is 23.3. The fourth-order valence-corrected chi connectivity index (χ4v) is 11.3. The Kier molecular flexibility index (Phi) is 5.06. The highest BCUT2D eigenvalue weighted by molar-refractivity contribution is 5.75. The Morgan fingerprint density at radius 2 is 1.47 bits per heavy atom. The van der Waals surface area contributed by atoms with Crippen LogP contribution < -0.4 is 0 Å². The van der Waals surface area contributed by atoms with Crippen molar-refractivity contribution in [3.8, 4) is 0 Å². The van der Waals surface area contributed by atoms with E-state index in [9.17, 15) is 15.0 Å². The van der Waals surface area contributed by atoms with Crippen LogP contribution in [-0.4, -0.2) is 22.3 Å². The Labute approximate surface area is 196 Å². The molecule has 5 aliphatic rings. The van der Waals surface area contributed by atoms with Crippen LogP contribution in [0.15, 0.2) is 0 Å². The first kappa shape index (κ1) is 23.2. The van der Waals surface area contributed by atoms with Gasteiger partial charge in [-0.1, -0.05) is 41.5 Å². The second-order valence-electron chi connectivity index (χ2n) is 14.5. The molecule has 182 valence electrons. The summed E-state index contributed by atoms with van der Waals surface area (Å²) >= 11 is 0. The molecule has 0 aromatic heterocycles. The molecular weight excluding hydrogens is 396 g/mol. The maximum Gasteiger partial charge on any atom is 0.309 e. The van der Waals surface area contributed by atoms with Crippen LogP contribution in [0.4, 0.5) is 0 Å². The van der Waals surface area contributed by atoms with Gasteiger partial charge in [0.25, 0.3) is 0 Å². The van der Waals surface area contributed by atoms with Crippen molar-refractivity contribution in [2.45, 2.75) is 118 Å². The van der Waals surface area contributed by atoms with Crippen molar-refractivity contribution in [1.82, 2.24) is 0 Å². The summed E-state index contributed by atoms with van der Waals surface area (Å²) in [6.07, 6.45) is 12.0. The van der Waals surface area contributed by atoms with Crippen LogP contribution in [-0.2, 0) is 4.79 Å². The van der Waals surface area contributed by atoms with Gasteiger partial charge in [-0.3, -0.25) is 4.79 Å². The number of hydrogen-bond acceptors (Lipinski definition) is 2. The number of aliphatic carboxylic acids is 1. The first-order chi connectivity index (χ1) is 14.8. The number of carbonyl (C=O) groups is 1. The lowest BCUT2D eigenvalue weighted by atomic mass is 9.31. The molecule has 3 unspecified atom stereocenters. The zero-order valence-electron chi connectivity index (χ0n) is 21.5. The van der Waals surface area contributed by atoms with Crippen LogP contribution in [0.2, 0.25) is 0 Å². The largest absolute Gasteiger partial charge is 0.481 e. The van der Waals surface area contributed by atoms with Crippen LogP contribution in [0.5, 0.6) is 0 Å².